The number of rotatable bonds is 1. The lowest BCUT2D eigenvalue weighted by molar-refractivity contribution is -0.123. The molecule has 3 rings (SSSR count). The van der Waals surface area contributed by atoms with E-state index in [1.54, 1.807) is 0 Å². The molecule has 1 N–H and O–H groups in total. The summed E-state index contributed by atoms with van der Waals surface area (Å²) in [5.41, 5.74) is 2.45. The van der Waals surface area contributed by atoms with E-state index in [0.717, 1.165) is 44.6 Å². The van der Waals surface area contributed by atoms with E-state index in [4.69, 9.17) is 0 Å². The van der Waals surface area contributed by atoms with Gasteiger partial charge in [-0.1, -0.05) is 25.1 Å². The zero-order chi connectivity index (χ0) is 13.2. The lowest BCUT2D eigenvalue weighted by atomic mass is 9.91. The number of anilines is 1. The Morgan fingerprint density at radius 3 is 2.90 bits per heavy atom. The summed E-state index contributed by atoms with van der Waals surface area (Å²) in [6, 6.07) is 8.36. The fourth-order valence-electron chi connectivity index (χ4n) is 3.29. The molecule has 0 saturated carbocycles. The molecule has 0 aliphatic carbocycles. The standard InChI is InChI=1S/C16H22N2O.ClH/c1-12-9-13-5-2-3-7-15(13)18(11-12)16(19)14-6-4-8-17-10-14;/h2-3,5,7,12,14,17H,4,6,8-11H2,1H3;1H/t12?,14-;/m1./s1. The van der Waals surface area contributed by atoms with Crippen molar-refractivity contribution in [3.8, 4) is 0 Å². The van der Waals surface area contributed by atoms with Crippen LogP contribution in [-0.2, 0) is 11.2 Å². The first-order valence-electron chi connectivity index (χ1n) is 7.35. The summed E-state index contributed by atoms with van der Waals surface area (Å²) in [5, 5.41) is 3.34. The Bertz CT molecular complexity index is 471. The first kappa shape index (κ1) is 15.3. The highest BCUT2D eigenvalue weighted by Gasteiger charge is 2.31. The summed E-state index contributed by atoms with van der Waals surface area (Å²) in [6.45, 7) is 4.99. The third-order valence-electron chi connectivity index (χ3n) is 4.26. The Morgan fingerprint density at radius 2 is 2.15 bits per heavy atom. The van der Waals surface area contributed by atoms with Gasteiger partial charge in [0.05, 0.1) is 5.92 Å². The van der Waals surface area contributed by atoms with Gasteiger partial charge < -0.3 is 10.2 Å². The van der Waals surface area contributed by atoms with Crippen molar-refractivity contribution < 1.29 is 4.79 Å². The molecule has 110 valence electrons. The second-order valence-electron chi connectivity index (χ2n) is 5.93. The quantitative estimate of drug-likeness (QED) is 0.863. The fraction of sp³-hybridized carbons (Fsp3) is 0.562. The highest BCUT2D eigenvalue weighted by atomic mass is 35.5. The van der Waals surface area contributed by atoms with Crippen LogP contribution in [0.5, 0.6) is 0 Å². The molecule has 20 heavy (non-hydrogen) atoms. The van der Waals surface area contributed by atoms with Gasteiger partial charge in [0.25, 0.3) is 0 Å². The monoisotopic (exact) mass is 294 g/mol. The number of para-hydroxylation sites is 1. The van der Waals surface area contributed by atoms with E-state index in [9.17, 15) is 4.79 Å². The molecule has 1 aromatic rings. The molecule has 0 spiro atoms. The predicted octanol–water partition coefficient (Wildman–Crippen LogP) is 2.63. The summed E-state index contributed by atoms with van der Waals surface area (Å²) >= 11 is 0. The average molecular weight is 295 g/mol. The van der Waals surface area contributed by atoms with Crippen LogP contribution in [0.4, 0.5) is 5.69 Å². The molecular formula is C16H23ClN2O. The zero-order valence-electron chi connectivity index (χ0n) is 12.0. The molecule has 0 radical (unpaired) electrons. The lowest BCUT2D eigenvalue weighted by Gasteiger charge is -2.36. The minimum atomic E-state index is 0. The van der Waals surface area contributed by atoms with E-state index in [-0.39, 0.29) is 18.3 Å². The maximum absolute atomic E-state index is 12.7. The second-order valence-corrected chi connectivity index (χ2v) is 5.93. The number of fused-ring (bicyclic) bond motifs is 1. The van der Waals surface area contributed by atoms with Crippen LogP contribution in [0, 0.1) is 11.8 Å². The van der Waals surface area contributed by atoms with Crippen molar-refractivity contribution in [2.45, 2.75) is 26.2 Å². The molecule has 2 heterocycles. The van der Waals surface area contributed by atoms with Crippen molar-refractivity contribution in [2.75, 3.05) is 24.5 Å². The Balaban J connectivity index is 0.00000147. The number of amides is 1. The highest BCUT2D eigenvalue weighted by Crippen LogP contribution is 2.31. The van der Waals surface area contributed by atoms with Gasteiger partial charge in [-0.15, -0.1) is 12.4 Å². The summed E-state index contributed by atoms with van der Waals surface area (Å²) < 4.78 is 0. The van der Waals surface area contributed by atoms with Gasteiger partial charge >= 0.3 is 0 Å². The molecule has 2 atom stereocenters. The number of piperidine rings is 1. The number of hydrogen-bond acceptors (Lipinski definition) is 2. The van der Waals surface area contributed by atoms with E-state index in [2.05, 4.69) is 30.4 Å². The molecule has 1 fully saturated rings. The van der Waals surface area contributed by atoms with Crippen molar-refractivity contribution in [1.29, 1.82) is 0 Å². The smallest absolute Gasteiger partial charge is 0.231 e. The molecule has 1 amide bonds. The van der Waals surface area contributed by atoms with Crippen molar-refractivity contribution >= 4 is 24.0 Å². The normalized spacial score (nSPS) is 25.6. The van der Waals surface area contributed by atoms with Crippen LogP contribution in [0.3, 0.4) is 0 Å². The van der Waals surface area contributed by atoms with Gasteiger partial charge in [-0.3, -0.25) is 4.79 Å². The molecular weight excluding hydrogens is 272 g/mol. The fourth-order valence-corrected chi connectivity index (χ4v) is 3.29. The maximum Gasteiger partial charge on any atom is 0.231 e. The van der Waals surface area contributed by atoms with E-state index in [1.165, 1.54) is 5.56 Å². The van der Waals surface area contributed by atoms with Crippen LogP contribution in [0.15, 0.2) is 24.3 Å². The molecule has 1 aromatic carbocycles. The average Bonchev–Trinajstić information content (AvgIpc) is 2.46. The summed E-state index contributed by atoms with van der Waals surface area (Å²) in [5.74, 6) is 1.02. The molecule has 3 nitrogen and oxygen atoms in total. The Morgan fingerprint density at radius 1 is 1.35 bits per heavy atom. The van der Waals surface area contributed by atoms with E-state index < -0.39 is 0 Å². The van der Waals surface area contributed by atoms with Crippen molar-refractivity contribution in [3.05, 3.63) is 29.8 Å². The highest BCUT2D eigenvalue weighted by molar-refractivity contribution is 5.96. The van der Waals surface area contributed by atoms with E-state index in [1.807, 2.05) is 11.0 Å². The largest absolute Gasteiger partial charge is 0.316 e. The van der Waals surface area contributed by atoms with E-state index >= 15 is 0 Å². The van der Waals surface area contributed by atoms with Gasteiger partial charge in [-0.05, 0) is 43.4 Å². The van der Waals surface area contributed by atoms with Gasteiger partial charge in [0.1, 0.15) is 0 Å². The number of carbonyl (C=O) groups excluding carboxylic acids is 1. The molecule has 1 saturated heterocycles. The summed E-state index contributed by atoms with van der Waals surface area (Å²) in [6.07, 6.45) is 3.23. The van der Waals surface area contributed by atoms with Crippen LogP contribution in [0.25, 0.3) is 0 Å². The van der Waals surface area contributed by atoms with Gasteiger partial charge in [-0.2, -0.15) is 0 Å². The van der Waals surface area contributed by atoms with Gasteiger partial charge in [0.15, 0.2) is 0 Å². The lowest BCUT2D eigenvalue weighted by Crippen LogP contribution is -2.46. The first-order chi connectivity index (χ1) is 9.25. The van der Waals surface area contributed by atoms with Crippen molar-refractivity contribution in [3.63, 3.8) is 0 Å². The molecule has 2 aliphatic rings. The second kappa shape index (κ2) is 6.59. The SMILES string of the molecule is CC1Cc2ccccc2N(C(=O)[C@@H]2CCCNC2)C1.Cl. The van der Waals surface area contributed by atoms with Gasteiger partial charge in [0.2, 0.25) is 5.91 Å². The molecule has 2 aliphatic heterocycles. The Kier molecular flexibility index (Phi) is 5.06. The van der Waals surface area contributed by atoms with Crippen LogP contribution < -0.4 is 10.2 Å². The topological polar surface area (TPSA) is 32.3 Å². The van der Waals surface area contributed by atoms with Crippen LogP contribution in [0.1, 0.15) is 25.3 Å². The molecule has 4 heteroatoms. The number of benzene rings is 1. The zero-order valence-corrected chi connectivity index (χ0v) is 12.8. The summed E-state index contributed by atoms with van der Waals surface area (Å²) in [4.78, 5) is 14.8. The van der Waals surface area contributed by atoms with Crippen LogP contribution in [0.2, 0.25) is 0 Å². The first-order valence-corrected chi connectivity index (χ1v) is 7.35. The van der Waals surface area contributed by atoms with E-state index in [0.29, 0.717) is 11.8 Å². The number of carbonyl (C=O) groups is 1. The minimum Gasteiger partial charge on any atom is -0.316 e. The number of halogens is 1. The number of nitrogens with one attached hydrogen (secondary N) is 1. The Labute approximate surface area is 127 Å². The van der Waals surface area contributed by atoms with Gasteiger partial charge in [0, 0.05) is 18.8 Å². The molecule has 1 unspecified atom stereocenters. The van der Waals surface area contributed by atoms with Crippen LogP contribution >= 0.6 is 12.4 Å². The third-order valence-corrected chi connectivity index (χ3v) is 4.26. The van der Waals surface area contributed by atoms with Crippen molar-refractivity contribution in [1.82, 2.24) is 5.32 Å². The van der Waals surface area contributed by atoms with Crippen molar-refractivity contribution in [2.24, 2.45) is 11.8 Å². The number of hydrogen-bond donors (Lipinski definition) is 1. The maximum atomic E-state index is 12.7. The number of nitrogens with zero attached hydrogens (tertiary/aromatic N) is 1. The predicted molar refractivity (Wildman–Crippen MR) is 84.5 cm³/mol. The van der Waals surface area contributed by atoms with Gasteiger partial charge in [-0.25, -0.2) is 0 Å². The third kappa shape index (κ3) is 2.99. The molecule has 0 aromatic heterocycles. The summed E-state index contributed by atoms with van der Waals surface area (Å²) in [7, 11) is 0. The van der Waals surface area contributed by atoms with Crippen LogP contribution in [-0.4, -0.2) is 25.5 Å². The Hall–Kier alpha value is -1.06. The molecule has 0 bridgehead atoms. The minimum absolute atomic E-state index is 0.